The number of hydrogen-bond acceptors (Lipinski definition) is 1. The molecule has 0 radical (unpaired) electrons. The molecule has 0 N–H and O–H groups in total. The molecule has 1 aliphatic rings. The van der Waals surface area contributed by atoms with Crippen LogP contribution in [0.3, 0.4) is 0 Å². The van der Waals surface area contributed by atoms with Crippen molar-refractivity contribution in [1.29, 1.82) is 0 Å². The quantitative estimate of drug-likeness (QED) is 0.222. The maximum Gasteiger partial charge on any atom is 0.0493 e. The van der Waals surface area contributed by atoms with Gasteiger partial charge in [0.05, 0.1) is 0 Å². The van der Waals surface area contributed by atoms with E-state index >= 15 is 0 Å². The van der Waals surface area contributed by atoms with E-state index in [2.05, 4.69) is 158 Å². The zero-order valence-corrected chi connectivity index (χ0v) is 23.2. The summed E-state index contributed by atoms with van der Waals surface area (Å²) >= 11 is 0. The molecule has 0 saturated carbocycles. The second-order valence-electron chi connectivity index (χ2n) is 11.2. The van der Waals surface area contributed by atoms with Gasteiger partial charge < -0.3 is 4.90 Å². The molecule has 7 aromatic carbocycles. The number of nitrogens with zero attached hydrogens (tertiary/aromatic N) is 1. The van der Waals surface area contributed by atoms with Crippen LogP contribution in [0.2, 0.25) is 0 Å². The number of rotatable bonds is 4. The Hall–Kier alpha value is -5.14. The van der Waals surface area contributed by atoms with E-state index in [4.69, 9.17) is 0 Å². The fraction of sp³-hybridized carbons (Fsp3) is 0.0500. The molecule has 8 rings (SSSR count). The highest BCUT2D eigenvalue weighted by Crippen LogP contribution is 2.51. The van der Waals surface area contributed by atoms with Crippen molar-refractivity contribution >= 4 is 38.6 Å². The Labute approximate surface area is 241 Å². The minimum atomic E-state index is 1.16. The number of para-hydroxylation sites is 1. The summed E-state index contributed by atoms with van der Waals surface area (Å²) < 4.78 is 0. The Balaban J connectivity index is 1.23. The van der Waals surface area contributed by atoms with E-state index in [1.807, 2.05) is 0 Å². The molecule has 1 nitrogen and oxygen atoms in total. The van der Waals surface area contributed by atoms with Crippen LogP contribution in [-0.2, 0) is 0 Å². The van der Waals surface area contributed by atoms with Crippen molar-refractivity contribution in [2.24, 2.45) is 0 Å². The van der Waals surface area contributed by atoms with Gasteiger partial charge in [-0.1, -0.05) is 78.9 Å². The predicted octanol–water partition coefficient (Wildman–Crippen LogP) is 11.4. The van der Waals surface area contributed by atoms with E-state index in [0.29, 0.717) is 0 Å². The molecule has 0 aliphatic heterocycles. The van der Waals surface area contributed by atoms with Crippen molar-refractivity contribution in [1.82, 2.24) is 0 Å². The monoisotopic (exact) mass is 523 g/mol. The highest BCUT2D eigenvalue weighted by molar-refractivity contribution is 6.12. The third-order valence-electron chi connectivity index (χ3n) is 8.50. The van der Waals surface area contributed by atoms with Crippen LogP contribution < -0.4 is 4.90 Å². The molecule has 0 unspecified atom stereocenters. The zero-order valence-electron chi connectivity index (χ0n) is 23.2. The van der Waals surface area contributed by atoms with E-state index < -0.39 is 0 Å². The molecule has 0 spiro atoms. The minimum absolute atomic E-state index is 1.16. The molecule has 0 aromatic heterocycles. The molecule has 1 aliphatic carbocycles. The Bertz CT molecular complexity index is 2110. The Morgan fingerprint density at radius 2 is 0.976 bits per heavy atom. The maximum absolute atomic E-state index is 2.38. The average molecular weight is 524 g/mol. The summed E-state index contributed by atoms with van der Waals surface area (Å²) in [5.74, 6) is 0. The Morgan fingerprint density at radius 1 is 0.390 bits per heavy atom. The van der Waals surface area contributed by atoms with Crippen molar-refractivity contribution in [2.45, 2.75) is 13.8 Å². The lowest BCUT2D eigenvalue weighted by molar-refractivity contribution is 1.24. The van der Waals surface area contributed by atoms with Gasteiger partial charge in [0, 0.05) is 17.1 Å². The summed E-state index contributed by atoms with van der Waals surface area (Å²) in [5.41, 5.74) is 14.0. The van der Waals surface area contributed by atoms with Crippen molar-refractivity contribution in [2.75, 3.05) is 4.90 Å². The van der Waals surface area contributed by atoms with Gasteiger partial charge in [0.1, 0.15) is 0 Å². The number of hydrogen-bond donors (Lipinski definition) is 0. The molecule has 0 bridgehead atoms. The lowest BCUT2D eigenvalue weighted by Gasteiger charge is -2.29. The van der Waals surface area contributed by atoms with Gasteiger partial charge >= 0.3 is 0 Å². The molecule has 41 heavy (non-hydrogen) atoms. The van der Waals surface area contributed by atoms with Gasteiger partial charge in [-0.2, -0.15) is 0 Å². The van der Waals surface area contributed by atoms with Gasteiger partial charge in [-0.05, 0) is 141 Å². The first-order chi connectivity index (χ1) is 20.1. The Morgan fingerprint density at radius 3 is 1.66 bits per heavy atom. The van der Waals surface area contributed by atoms with Crippen LogP contribution >= 0.6 is 0 Å². The lowest BCUT2D eigenvalue weighted by atomic mass is 9.77. The Kier molecular flexibility index (Phi) is 5.33. The summed E-state index contributed by atoms with van der Waals surface area (Å²) in [7, 11) is 0. The fourth-order valence-corrected chi connectivity index (χ4v) is 6.33. The van der Waals surface area contributed by atoms with Gasteiger partial charge in [-0.25, -0.2) is 0 Å². The molecule has 0 heterocycles. The third kappa shape index (κ3) is 3.93. The average Bonchev–Trinajstić information content (AvgIpc) is 3.02. The SMILES string of the molecule is Cc1ccc(C)c(N(c2ccccc2)c2ccc3cc4c(cc3c2)-c2cc3ccc(-c5ccccc5)cc3cc2-4)c1. The predicted molar refractivity (Wildman–Crippen MR) is 175 cm³/mol. The van der Waals surface area contributed by atoms with Crippen molar-refractivity contribution in [3.8, 4) is 33.4 Å². The number of fused-ring (bicyclic) bond motifs is 6. The van der Waals surface area contributed by atoms with E-state index in [1.54, 1.807) is 0 Å². The second-order valence-corrected chi connectivity index (χ2v) is 11.2. The van der Waals surface area contributed by atoms with Crippen LogP contribution in [0.25, 0.3) is 54.9 Å². The van der Waals surface area contributed by atoms with Crippen molar-refractivity contribution in [3.05, 3.63) is 151 Å². The summed E-state index contributed by atoms with van der Waals surface area (Å²) in [4.78, 5) is 2.38. The van der Waals surface area contributed by atoms with Crippen LogP contribution in [0.15, 0.2) is 140 Å². The number of aryl methyl sites for hydroxylation is 2. The molecule has 0 atom stereocenters. The molecule has 7 aromatic rings. The van der Waals surface area contributed by atoms with Gasteiger partial charge in [0.2, 0.25) is 0 Å². The highest BCUT2D eigenvalue weighted by atomic mass is 15.1. The van der Waals surface area contributed by atoms with E-state index in [1.165, 1.54) is 77.4 Å². The lowest BCUT2D eigenvalue weighted by Crippen LogP contribution is -2.11. The molecule has 1 heteroatoms. The van der Waals surface area contributed by atoms with Gasteiger partial charge in [0.15, 0.2) is 0 Å². The fourth-order valence-electron chi connectivity index (χ4n) is 6.33. The zero-order chi connectivity index (χ0) is 27.5. The van der Waals surface area contributed by atoms with E-state index in [0.717, 1.165) is 5.69 Å². The molecule has 194 valence electrons. The molecular weight excluding hydrogens is 494 g/mol. The first-order valence-electron chi connectivity index (χ1n) is 14.3. The van der Waals surface area contributed by atoms with Crippen LogP contribution in [0.4, 0.5) is 17.1 Å². The van der Waals surface area contributed by atoms with Gasteiger partial charge in [-0.15, -0.1) is 0 Å². The molecule has 0 saturated heterocycles. The van der Waals surface area contributed by atoms with Gasteiger partial charge in [-0.3, -0.25) is 0 Å². The van der Waals surface area contributed by atoms with Crippen molar-refractivity contribution < 1.29 is 0 Å². The maximum atomic E-state index is 2.38. The topological polar surface area (TPSA) is 3.24 Å². The van der Waals surface area contributed by atoms with E-state index in [-0.39, 0.29) is 0 Å². The van der Waals surface area contributed by atoms with E-state index in [9.17, 15) is 0 Å². The highest BCUT2D eigenvalue weighted by Gasteiger charge is 2.24. The summed E-state index contributed by atoms with van der Waals surface area (Å²) in [6, 6.07) is 51.2. The summed E-state index contributed by atoms with van der Waals surface area (Å²) in [6.45, 7) is 4.36. The number of benzene rings is 7. The summed E-state index contributed by atoms with van der Waals surface area (Å²) in [5, 5.41) is 5.11. The number of anilines is 3. The third-order valence-corrected chi connectivity index (χ3v) is 8.50. The molecule has 0 fully saturated rings. The first kappa shape index (κ1) is 23.7. The standard InChI is InChI=1S/C40H29N/c1-26-13-14-27(2)40(19-26)41(34-11-7-4-8-12-34)35-18-17-31-23-37-38-24-32-20-29(28-9-5-3-6-10-28)15-16-30(32)22-36(38)39(37)25-33(31)21-35/h3-25H,1-2H3. The molecule has 0 amide bonds. The smallest absolute Gasteiger partial charge is 0.0493 e. The van der Waals surface area contributed by atoms with Crippen LogP contribution in [0, 0.1) is 13.8 Å². The second kappa shape index (κ2) is 9.21. The van der Waals surface area contributed by atoms with Crippen LogP contribution in [0.5, 0.6) is 0 Å². The van der Waals surface area contributed by atoms with Crippen molar-refractivity contribution in [3.63, 3.8) is 0 Å². The van der Waals surface area contributed by atoms with Crippen LogP contribution in [0.1, 0.15) is 11.1 Å². The minimum Gasteiger partial charge on any atom is -0.310 e. The normalized spacial score (nSPS) is 11.7. The van der Waals surface area contributed by atoms with Crippen LogP contribution in [-0.4, -0.2) is 0 Å². The van der Waals surface area contributed by atoms with Gasteiger partial charge in [0.25, 0.3) is 0 Å². The molecular formula is C40H29N. The largest absolute Gasteiger partial charge is 0.310 e. The summed E-state index contributed by atoms with van der Waals surface area (Å²) in [6.07, 6.45) is 0. The first-order valence-corrected chi connectivity index (χ1v) is 14.3.